The van der Waals surface area contributed by atoms with Crippen molar-refractivity contribution in [1.82, 2.24) is 9.55 Å². The summed E-state index contributed by atoms with van der Waals surface area (Å²) >= 11 is 0. The summed E-state index contributed by atoms with van der Waals surface area (Å²) < 4.78 is 2.35. The van der Waals surface area contributed by atoms with E-state index in [1.807, 2.05) is 6.20 Å². The highest BCUT2D eigenvalue weighted by Gasteiger charge is 2.29. The highest BCUT2D eigenvalue weighted by atomic mass is 15.1. The molecule has 17 heavy (non-hydrogen) atoms. The summed E-state index contributed by atoms with van der Waals surface area (Å²) in [5.41, 5.74) is 9.47. The second-order valence-electron chi connectivity index (χ2n) is 5.45. The first kappa shape index (κ1) is 9.51. The van der Waals surface area contributed by atoms with Crippen molar-refractivity contribution in [3.05, 3.63) is 24.0 Å². The van der Waals surface area contributed by atoms with Crippen LogP contribution in [0.15, 0.2) is 18.5 Å². The summed E-state index contributed by atoms with van der Waals surface area (Å²) in [5.74, 6) is 0.692. The molecule has 0 atom stereocenters. The molecular weight excluding hydrogens is 210 g/mol. The number of fused-ring (bicyclic) bond motifs is 1. The van der Waals surface area contributed by atoms with Gasteiger partial charge in [-0.25, -0.2) is 4.98 Å². The van der Waals surface area contributed by atoms with Gasteiger partial charge in [-0.05, 0) is 49.7 Å². The molecule has 0 unspecified atom stereocenters. The van der Waals surface area contributed by atoms with E-state index in [9.17, 15) is 0 Å². The Labute approximate surface area is 101 Å². The zero-order valence-corrected chi connectivity index (χ0v) is 9.89. The Morgan fingerprint density at radius 1 is 1.24 bits per heavy atom. The van der Waals surface area contributed by atoms with E-state index in [1.165, 1.54) is 43.1 Å². The second kappa shape index (κ2) is 3.25. The minimum Gasteiger partial charge on any atom is -0.397 e. The lowest BCUT2D eigenvalue weighted by atomic mass is 9.93. The molecule has 2 saturated carbocycles. The highest BCUT2D eigenvalue weighted by molar-refractivity contribution is 5.85. The molecule has 0 radical (unpaired) electrons. The molecule has 2 aliphatic carbocycles. The van der Waals surface area contributed by atoms with Crippen molar-refractivity contribution in [2.75, 3.05) is 5.73 Å². The van der Waals surface area contributed by atoms with Gasteiger partial charge in [0.1, 0.15) is 5.65 Å². The van der Waals surface area contributed by atoms with Crippen LogP contribution in [0.2, 0.25) is 0 Å². The minimum absolute atomic E-state index is 0.677. The van der Waals surface area contributed by atoms with Crippen LogP contribution >= 0.6 is 0 Å². The molecule has 0 bridgehead atoms. The topological polar surface area (TPSA) is 43.8 Å². The molecule has 2 aromatic rings. The molecule has 0 saturated heterocycles. The van der Waals surface area contributed by atoms with Gasteiger partial charge in [0, 0.05) is 17.6 Å². The Bertz CT molecular complexity index is 576. The standard InChI is InChI=1S/C14H17N3/c15-12-8-16-14-11(13(12)9-4-5-9)6-7-17(14)10-2-1-3-10/h6-10H,1-5,15H2. The van der Waals surface area contributed by atoms with Crippen LogP contribution in [0.5, 0.6) is 0 Å². The Hall–Kier alpha value is -1.51. The van der Waals surface area contributed by atoms with E-state index in [4.69, 9.17) is 5.73 Å². The van der Waals surface area contributed by atoms with Crippen LogP contribution in [0.4, 0.5) is 5.69 Å². The summed E-state index contributed by atoms with van der Waals surface area (Å²) in [6, 6.07) is 2.89. The number of pyridine rings is 1. The number of rotatable bonds is 2. The smallest absolute Gasteiger partial charge is 0.140 e. The molecule has 2 fully saturated rings. The molecule has 2 N–H and O–H groups in total. The second-order valence-corrected chi connectivity index (χ2v) is 5.45. The maximum absolute atomic E-state index is 6.09. The van der Waals surface area contributed by atoms with Crippen molar-refractivity contribution in [1.29, 1.82) is 0 Å². The van der Waals surface area contributed by atoms with Crippen molar-refractivity contribution in [2.24, 2.45) is 0 Å². The average molecular weight is 227 g/mol. The number of nitrogens with two attached hydrogens (primary N) is 1. The number of hydrogen-bond donors (Lipinski definition) is 1. The van der Waals surface area contributed by atoms with Gasteiger partial charge in [0.05, 0.1) is 11.9 Å². The summed E-state index contributed by atoms with van der Waals surface area (Å²) in [5, 5.41) is 1.29. The molecule has 3 heteroatoms. The van der Waals surface area contributed by atoms with E-state index in [2.05, 4.69) is 21.8 Å². The monoisotopic (exact) mass is 227 g/mol. The van der Waals surface area contributed by atoms with Crippen LogP contribution in [0, 0.1) is 0 Å². The van der Waals surface area contributed by atoms with Crippen LogP contribution in [-0.2, 0) is 0 Å². The van der Waals surface area contributed by atoms with E-state index < -0.39 is 0 Å². The molecular formula is C14H17N3. The fourth-order valence-electron chi connectivity index (χ4n) is 2.93. The molecule has 0 amide bonds. The number of nitrogen functional groups attached to an aromatic ring is 1. The largest absolute Gasteiger partial charge is 0.397 e. The fraction of sp³-hybridized carbons (Fsp3) is 0.500. The molecule has 2 heterocycles. The Balaban J connectivity index is 1.92. The Morgan fingerprint density at radius 3 is 2.71 bits per heavy atom. The van der Waals surface area contributed by atoms with Crippen LogP contribution < -0.4 is 5.73 Å². The molecule has 2 aliphatic rings. The van der Waals surface area contributed by atoms with E-state index >= 15 is 0 Å². The predicted octanol–water partition coefficient (Wildman–Crippen LogP) is 3.22. The van der Waals surface area contributed by atoms with Gasteiger partial charge in [-0.1, -0.05) is 0 Å². The van der Waals surface area contributed by atoms with Crippen molar-refractivity contribution < 1.29 is 0 Å². The molecule has 0 aliphatic heterocycles. The van der Waals surface area contributed by atoms with Crippen molar-refractivity contribution in [2.45, 2.75) is 44.1 Å². The third-order valence-electron chi connectivity index (χ3n) is 4.27. The molecule has 4 rings (SSSR count). The summed E-state index contributed by atoms with van der Waals surface area (Å²) in [6.07, 6.45) is 10.6. The van der Waals surface area contributed by atoms with Crippen molar-refractivity contribution in [3.63, 3.8) is 0 Å². The van der Waals surface area contributed by atoms with E-state index in [-0.39, 0.29) is 0 Å². The van der Waals surface area contributed by atoms with Gasteiger partial charge in [0.15, 0.2) is 0 Å². The summed E-state index contributed by atoms with van der Waals surface area (Å²) in [6.45, 7) is 0. The van der Waals surface area contributed by atoms with Crippen LogP contribution in [-0.4, -0.2) is 9.55 Å². The number of aromatic nitrogens is 2. The van der Waals surface area contributed by atoms with Gasteiger partial charge in [-0.3, -0.25) is 0 Å². The minimum atomic E-state index is 0.677. The van der Waals surface area contributed by atoms with Gasteiger partial charge in [-0.2, -0.15) is 0 Å². The third-order valence-corrected chi connectivity index (χ3v) is 4.27. The van der Waals surface area contributed by atoms with E-state index in [0.29, 0.717) is 12.0 Å². The number of anilines is 1. The van der Waals surface area contributed by atoms with Gasteiger partial charge in [0.2, 0.25) is 0 Å². The van der Waals surface area contributed by atoms with Crippen LogP contribution in [0.3, 0.4) is 0 Å². The SMILES string of the molecule is Nc1cnc2c(ccn2C2CCC2)c1C1CC1. The summed E-state index contributed by atoms with van der Waals surface area (Å²) in [4.78, 5) is 4.55. The maximum Gasteiger partial charge on any atom is 0.140 e. The molecule has 0 spiro atoms. The normalized spacial score (nSPS) is 20.7. The average Bonchev–Trinajstić information content (AvgIpc) is 2.99. The van der Waals surface area contributed by atoms with Gasteiger partial charge >= 0.3 is 0 Å². The van der Waals surface area contributed by atoms with Crippen molar-refractivity contribution >= 4 is 16.7 Å². The maximum atomic E-state index is 6.09. The van der Waals surface area contributed by atoms with E-state index in [0.717, 1.165) is 11.3 Å². The first-order valence-corrected chi connectivity index (χ1v) is 6.59. The molecule has 3 nitrogen and oxygen atoms in total. The number of hydrogen-bond acceptors (Lipinski definition) is 2. The lowest BCUT2D eigenvalue weighted by molar-refractivity contribution is 0.320. The summed E-state index contributed by atoms with van der Waals surface area (Å²) in [7, 11) is 0. The van der Waals surface area contributed by atoms with E-state index in [1.54, 1.807) is 0 Å². The highest BCUT2D eigenvalue weighted by Crippen LogP contribution is 2.46. The van der Waals surface area contributed by atoms with Crippen LogP contribution in [0.25, 0.3) is 11.0 Å². The lowest BCUT2D eigenvalue weighted by Gasteiger charge is -2.27. The Morgan fingerprint density at radius 2 is 2.06 bits per heavy atom. The molecule has 0 aromatic carbocycles. The first-order chi connectivity index (χ1) is 8.34. The molecule has 2 aromatic heterocycles. The third kappa shape index (κ3) is 1.31. The Kier molecular flexibility index (Phi) is 1.82. The zero-order chi connectivity index (χ0) is 11.4. The van der Waals surface area contributed by atoms with Gasteiger partial charge in [-0.15, -0.1) is 0 Å². The number of nitrogens with zero attached hydrogens (tertiary/aromatic N) is 2. The quantitative estimate of drug-likeness (QED) is 0.856. The fourth-order valence-corrected chi connectivity index (χ4v) is 2.93. The lowest BCUT2D eigenvalue weighted by Crippen LogP contribution is -2.16. The van der Waals surface area contributed by atoms with Gasteiger partial charge in [0.25, 0.3) is 0 Å². The zero-order valence-electron chi connectivity index (χ0n) is 9.89. The van der Waals surface area contributed by atoms with Crippen molar-refractivity contribution in [3.8, 4) is 0 Å². The van der Waals surface area contributed by atoms with Crippen LogP contribution in [0.1, 0.15) is 49.6 Å². The predicted molar refractivity (Wildman–Crippen MR) is 69.0 cm³/mol. The molecule has 88 valence electrons. The first-order valence-electron chi connectivity index (χ1n) is 6.59. The van der Waals surface area contributed by atoms with Gasteiger partial charge < -0.3 is 10.3 Å².